The van der Waals surface area contributed by atoms with Gasteiger partial charge in [0.1, 0.15) is 0 Å². The maximum Gasteiger partial charge on any atom is 0.225 e. The highest BCUT2D eigenvalue weighted by Crippen LogP contribution is 2.25. The summed E-state index contributed by atoms with van der Waals surface area (Å²) < 4.78 is 0. The normalized spacial score (nSPS) is 15.9. The van der Waals surface area contributed by atoms with E-state index in [1.807, 2.05) is 24.5 Å². The number of hydrogen-bond acceptors (Lipinski definition) is 4. The molecule has 2 N–H and O–H groups in total. The van der Waals surface area contributed by atoms with Crippen LogP contribution < -0.4 is 10.2 Å². The number of H-pyrrole nitrogens is 1. The molecule has 0 fully saturated rings. The molecule has 4 rings (SSSR count). The van der Waals surface area contributed by atoms with Gasteiger partial charge in [0.25, 0.3) is 0 Å². The van der Waals surface area contributed by atoms with Gasteiger partial charge in [0.05, 0.1) is 0 Å². The number of aromatic nitrogens is 3. The minimum atomic E-state index is 0.00775. The van der Waals surface area contributed by atoms with Crippen molar-refractivity contribution in [3.63, 3.8) is 0 Å². The Morgan fingerprint density at radius 1 is 1.28 bits per heavy atom. The van der Waals surface area contributed by atoms with Gasteiger partial charge in [-0.15, -0.1) is 0 Å². The summed E-state index contributed by atoms with van der Waals surface area (Å²) in [7, 11) is 0. The molecule has 0 saturated heterocycles. The lowest BCUT2D eigenvalue weighted by atomic mass is 9.86. The molecule has 1 unspecified atom stereocenters. The summed E-state index contributed by atoms with van der Waals surface area (Å²) in [5, 5.41) is 4.36. The van der Waals surface area contributed by atoms with Gasteiger partial charge in [-0.1, -0.05) is 18.2 Å². The first-order valence-electron chi connectivity index (χ1n) is 10.6. The Morgan fingerprint density at radius 3 is 2.93 bits per heavy atom. The highest BCUT2D eigenvalue weighted by atomic mass is 16.1. The number of fused-ring (bicyclic) bond motifs is 2. The van der Waals surface area contributed by atoms with Crippen LogP contribution in [-0.2, 0) is 24.1 Å². The summed E-state index contributed by atoms with van der Waals surface area (Å²) in [6, 6.07) is 8.27. The molecule has 0 spiro atoms. The number of carbonyl (C=O) groups is 1. The van der Waals surface area contributed by atoms with Crippen molar-refractivity contribution in [2.24, 2.45) is 5.92 Å². The average Bonchev–Trinajstić information content (AvgIpc) is 3.17. The largest absolute Gasteiger partial charge is 0.361 e. The fraction of sp³-hybridized carbons (Fsp3) is 0.435. The zero-order valence-corrected chi connectivity index (χ0v) is 17.2. The van der Waals surface area contributed by atoms with Crippen molar-refractivity contribution in [1.82, 2.24) is 20.3 Å². The number of amides is 1. The van der Waals surface area contributed by atoms with Crippen LogP contribution in [0.2, 0.25) is 0 Å². The smallest absolute Gasteiger partial charge is 0.225 e. The number of rotatable bonds is 7. The third-order valence-electron chi connectivity index (χ3n) is 5.92. The molecule has 2 heterocycles. The van der Waals surface area contributed by atoms with Crippen molar-refractivity contribution in [3.05, 3.63) is 53.5 Å². The summed E-state index contributed by atoms with van der Waals surface area (Å²) in [5.74, 6) is 0.951. The first-order valence-corrected chi connectivity index (χ1v) is 10.6. The van der Waals surface area contributed by atoms with Crippen LogP contribution in [0, 0.1) is 5.92 Å². The Kier molecular flexibility index (Phi) is 5.79. The molecule has 1 aromatic carbocycles. The number of nitrogens with zero attached hydrogens (tertiary/aromatic N) is 3. The third kappa shape index (κ3) is 4.11. The molecule has 2 aromatic heterocycles. The van der Waals surface area contributed by atoms with Crippen molar-refractivity contribution in [2.75, 3.05) is 24.5 Å². The predicted molar refractivity (Wildman–Crippen MR) is 116 cm³/mol. The SMILES string of the molecule is CCN(CC)c1ncc2c(n1)CCC(C(=O)NCCc1c[nH]c3ccccc13)C2. The Hall–Kier alpha value is -2.89. The van der Waals surface area contributed by atoms with Crippen LogP contribution in [0.1, 0.15) is 37.1 Å². The molecular formula is C23H29N5O. The molecule has 0 bridgehead atoms. The number of aryl methyl sites for hydroxylation is 1. The highest BCUT2D eigenvalue weighted by molar-refractivity contribution is 5.83. The van der Waals surface area contributed by atoms with Crippen LogP contribution in [0.4, 0.5) is 5.95 Å². The molecule has 1 atom stereocenters. The molecule has 3 aromatic rings. The zero-order valence-electron chi connectivity index (χ0n) is 17.2. The summed E-state index contributed by atoms with van der Waals surface area (Å²) >= 11 is 0. The summed E-state index contributed by atoms with van der Waals surface area (Å²) in [5.41, 5.74) is 4.60. The molecule has 0 saturated carbocycles. The van der Waals surface area contributed by atoms with Crippen LogP contribution in [0.15, 0.2) is 36.7 Å². The van der Waals surface area contributed by atoms with E-state index in [1.54, 1.807) is 0 Å². The number of anilines is 1. The quantitative estimate of drug-likeness (QED) is 0.648. The van der Waals surface area contributed by atoms with Gasteiger partial charge in [0.15, 0.2) is 0 Å². The van der Waals surface area contributed by atoms with Gasteiger partial charge >= 0.3 is 0 Å². The summed E-state index contributed by atoms with van der Waals surface area (Å²) in [6.45, 7) is 6.68. The summed E-state index contributed by atoms with van der Waals surface area (Å²) in [4.78, 5) is 27.4. The van der Waals surface area contributed by atoms with Crippen molar-refractivity contribution in [1.29, 1.82) is 0 Å². The third-order valence-corrected chi connectivity index (χ3v) is 5.92. The molecular weight excluding hydrogens is 362 g/mol. The van der Waals surface area contributed by atoms with Crippen LogP contribution >= 0.6 is 0 Å². The number of para-hydroxylation sites is 1. The number of hydrogen-bond donors (Lipinski definition) is 2. The molecule has 152 valence electrons. The van der Waals surface area contributed by atoms with Gasteiger partial charge in [0.2, 0.25) is 11.9 Å². The van der Waals surface area contributed by atoms with Crippen molar-refractivity contribution < 1.29 is 4.79 Å². The molecule has 6 heteroatoms. The monoisotopic (exact) mass is 391 g/mol. The fourth-order valence-corrected chi connectivity index (χ4v) is 4.18. The fourth-order valence-electron chi connectivity index (χ4n) is 4.18. The summed E-state index contributed by atoms with van der Waals surface area (Å²) in [6.07, 6.45) is 7.20. The lowest BCUT2D eigenvalue weighted by molar-refractivity contribution is -0.125. The van der Waals surface area contributed by atoms with Crippen molar-refractivity contribution in [3.8, 4) is 0 Å². The molecule has 6 nitrogen and oxygen atoms in total. The Labute approximate surface area is 171 Å². The van der Waals surface area contributed by atoms with E-state index in [0.717, 1.165) is 61.5 Å². The van der Waals surface area contributed by atoms with E-state index in [2.05, 4.69) is 46.2 Å². The van der Waals surface area contributed by atoms with E-state index in [-0.39, 0.29) is 11.8 Å². The average molecular weight is 392 g/mol. The second kappa shape index (κ2) is 8.64. The van der Waals surface area contributed by atoms with Crippen LogP contribution in [-0.4, -0.2) is 40.5 Å². The highest BCUT2D eigenvalue weighted by Gasteiger charge is 2.26. The van der Waals surface area contributed by atoms with Crippen molar-refractivity contribution >= 4 is 22.8 Å². The number of nitrogens with one attached hydrogen (secondary N) is 2. The van der Waals surface area contributed by atoms with Gasteiger partial charge in [0, 0.05) is 54.5 Å². The minimum Gasteiger partial charge on any atom is -0.361 e. The maximum atomic E-state index is 12.7. The van der Waals surface area contributed by atoms with Crippen LogP contribution in [0.25, 0.3) is 10.9 Å². The Bertz CT molecular complexity index is 992. The van der Waals surface area contributed by atoms with Crippen molar-refractivity contribution in [2.45, 2.75) is 39.5 Å². The minimum absolute atomic E-state index is 0.00775. The van der Waals surface area contributed by atoms with E-state index in [1.165, 1.54) is 10.9 Å². The second-order valence-corrected chi connectivity index (χ2v) is 7.65. The van der Waals surface area contributed by atoms with Gasteiger partial charge in [-0.25, -0.2) is 9.97 Å². The molecule has 1 aliphatic carbocycles. The van der Waals surface area contributed by atoms with Crippen LogP contribution in [0.3, 0.4) is 0 Å². The number of carbonyl (C=O) groups excluding carboxylic acids is 1. The van der Waals surface area contributed by atoms with E-state index >= 15 is 0 Å². The lowest BCUT2D eigenvalue weighted by Crippen LogP contribution is -2.35. The van der Waals surface area contributed by atoms with Gasteiger partial charge in [-0.2, -0.15) is 0 Å². The van der Waals surface area contributed by atoms with E-state index in [4.69, 9.17) is 4.98 Å². The first-order chi connectivity index (χ1) is 14.2. The predicted octanol–water partition coefficient (Wildman–Crippen LogP) is 3.27. The first kappa shape index (κ1) is 19.4. The van der Waals surface area contributed by atoms with E-state index in [0.29, 0.717) is 6.54 Å². The number of benzene rings is 1. The van der Waals surface area contributed by atoms with E-state index < -0.39 is 0 Å². The maximum absolute atomic E-state index is 12.7. The second-order valence-electron chi connectivity index (χ2n) is 7.65. The molecule has 29 heavy (non-hydrogen) atoms. The standard InChI is InChI=1S/C23H29N5O/c1-3-28(4-2)23-26-15-18-13-16(9-10-20(18)27-23)22(29)24-12-11-17-14-25-21-8-6-5-7-19(17)21/h5-8,14-16,25H,3-4,9-13H2,1-2H3,(H,24,29). The van der Waals surface area contributed by atoms with Gasteiger partial charge in [-0.3, -0.25) is 4.79 Å². The molecule has 1 aliphatic rings. The lowest BCUT2D eigenvalue weighted by Gasteiger charge is -2.25. The molecule has 0 radical (unpaired) electrons. The Morgan fingerprint density at radius 2 is 2.10 bits per heavy atom. The van der Waals surface area contributed by atoms with Crippen LogP contribution in [0.5, 0.6) is 0 Å². The number of aromatic amines is 1. The molecule has 0 aliphatic heterocycles. The topological polar surface area (TPSA) is 73.9 Å². The van der Waals surface area contributed by atoms with E-state index in [9.17, 15) is 4.79 Å². The van der Waals surface area contributed by atoms with Gasteiger partial charge in [-0.05, 0) is 56.7 Å². The Balaban J connectivity index is 1.33. The molecule has 1 amide bonds. The van der Waals surface area contributed by atoms with Gasteiger partial charge < -0.3 is 15.2 Å². The zero-order chi connectivity index (χ0) is 20.2.